The van der Waals surface area contributed by atoms with Gasteiger partial charge in [0.2, 0.25) is 5.91 Å². The Morgan fingerprint density at radius 1 is 0.762 bits per heavy atom. The smallest absolute Gasteiger partial charge is 0.343 e. The Morgan fingerprint density at radius 3 is 2.10 bits per heavy atom. The highest BCUT2D eigenvalue weighted by molar-refractivity contribution is 6.01. The van der Waals surface area contributed by atoms with E-state index in [1.54, 1.807) is 73.8 Å². The van der Waals surface area contributed by atoms with Crippen molar-refractivity contribution in [2.24, 2.45) is 5.92 Å². The zero-order valence-corrected chi connectivity index (χ0v) is 22.7. The number of rotatable bonds is 10. The van der Waals surface area contributed by atoms with E-state index in [0.29, 0.717) is 34.1 Å². The van der Waals surface area contributed by atoms with Crippen LogP contribution < -0.4 is 19.1 Å². The Morgan fingerprint density at radius 2 is 1.40 bits per heavy atom. The van der Waals surface area contributed by atoms with Crippen LogP contribution in [0.2, 0.25) is 0 Å². The molecule has 0 bridgehead atoms. The van der Waals surface area contributed by atoms with Gasteiger partial charge in [0.25, 0.3) is 0 Å². The molecule has 1 aliphatic rings. The molecule has 1 saturated heterocycles. The number of ketones is 1. The van der Waals surface area contributed by atoms with Gasteiger partial charge in [-0.3, -0.25) is 14.4 Å². The number of amides is 1. The summed E-state index contributed by atoms with van der Waals surface area (Å²) in [5, 5.41) is 0. The highest BCUT2D eigenvalue weighted by Gasteiger charge is 2.36. The lowest BCUT2D eigenvalue weighted by Crippen LogP contribution is -2.27. The summed E-state index contributed by atoms with van der Waals surface area (Å²) in [7, 11) is 1.56. The standard InChI is InChI=1S/C33H27NO8/c1-39-29-9-5-6-10-30(29)41-26-17-13-25(14-18-26)34-20-24(19-31(34)36)32(37)40-21-28(35)22-11-15-27(16-12-22)42-33(38)23-7-3-2-4-8-23/h2-18,24H,19-21H2,1H3/t24-/m1/s1. The predicted molar refractivity (Wildman–Crippen MR) is 153 cm³/mol. The van der Waals surface area contributed by atoms with Crippen LogP contribution in [0.15, 0.2) is 103 Å². The molecule has 1 atom stereocenters. The van der Waals surface area contributed by atoms with E-state index in [-0.39, 0.29) is 24.6 Å². The van der Waals surface area contributed by atoms with Crippen molar-refractivity contribution in [1.82, 2.24) is 0 Å². The predicted octanol–water partition coefficient (Wildman–Crippen LogP) is 5.49. The Balaban J connectivity index is 1.11. The number of esters is 2. The third-order valence-corrected chi connectivity index (χ3v) is 6.65. The lowest BCUT2D eigenvalue weighted by molar-refractivity contribution is -0.147. The average Bonchev–Trinajstić information content (AvgIpc) is 3.42. The molecule has 0 spiro atoms. The van der Waals surface area contributed by atoms with Crippen molar-refractivity contribution in [2.45, 2.75) is 6.42 Å². The van der Waals surface area contributed by atoms with Crippen LogP contribution in [0.5, 0.6) is 23.0 Å². The molecule has 0 N–H and O–H groups in total. The molecule has 42 heavy (non-hydrogen) atoms. The maximum atomic E-state index is 12.7. The average molecular weight is 566 g/mol. The van der Waals surface area contributed by atoms with Gasteiger partial charge in [0.1, 0.15) is 11.5 Å². The summed E-state index contributed by atoms with van der Waals surface area (Å²) in [6.45, 7) is -0.332. The number of nitrogens with zero attached hydrogens (tertiary/aromatic N) is 1. The van der Waals surface area contributed by atoms with E-state index in [2.05, 4.69) is 0 Å². The first-order valence-corrected chi connectivity index (χ1v) is 13.2. The van der Waals surface area contributed by atoms with Crippen LogP contribution in [0.25, 0.3) is 0 Å². The van der Waals surface area contributed by atoms with Crippen LogP contribution >= 0.6 is 0 Å². The minimum atomic E-state index is -0.699. The molecule has 0 aliphatic carbocycles. The molecule has 0 saturated carbocycles. The summed E-state index contributed by atoms with van der Waals surface area (Å²) < 4.78 is 21.7. The van der Waals surface area contributed by atoms with E-state index < -0.39 is 30.2 Å². The Bertz CT molecular complexity index is 1580. The minimum Gasteiger partial charge on any atom is -0.493 e. The van der Waals surface area contributed by atoms with E-state index in [9.17, 15) is 19.2 Å². The second-order valence-electron chi connectivity index (χ2n) is 9.46. The Labute approximate surface area is 242 Å². The molecular weight excluding hydrogens is 538 g/mol. The van der Waals surface area contributed by atoms with Crippen LogP contribution in [0.3, 0.4) is 0 Å². The van der Waals surface area contributed by atoms with Gasteiger partial charge in [-0.05, 0) is 72.8 Å². The van der Waals surface area contributed by atoms with Gasteiger partial charge in [0.05, 0.1) is 18.6 Å². The summed E-state index contributed by atoms with van der Waals surface area (Å²) in [4.78, 5) is 51.7. The summed E-state index contributed by atoms with van der Waals surface area (Å²) in [5.74, 6) is -0.479. The second kappa shape index (κ2) is 12.8. The first-order chi connectivity index (χ1) is 20.4. The van der Waals surface area contributed by atoms with Crippen molar-refractivity contribution in [3.05, 3.63) is 114 Å². The lowest BCUT2D eigenvalue weighted by Gasteiger charge is -2.17. The topological polar surface area (TPSA) is 108 Å². The van der Waals surface area contributed by atoms with Crippen LogP contribution in [0.1, 0.15) is 27.1 Å². The molecule has 0 radical (unpaired) electrons. The number of benzene rings is 4. The number of ether oxygens (including phenoxy) is 4. The molecule has 1 heterocycles. The van der Waals surface area contributed by atoms with Gasteiger partial charge in [-0.2, -0.15) is 0 Å². The van der Waals surface area contributed by atoms with Crippen LogP contribution in [0.4, 0.5) is 5.69 Å². The lowest BCUT2D eigenvalue weighted by atomic mass is 10.1. The number of carbonyl (C=O) groups is 4. The number of hydrogen-bond acceptors (Lipinski definition) is 8. The Hall–Kier alpha value is -5.44. The van der Waals surface area contributed by atoms with Crippen molar-refractivity contribution in [1.29, 1.82) is 0 Å². The summed E-state index contributed by atoms with van der Waals surface area (Å²) in [6.07, 6.45) is -0.0199. The molecule has 5 rings (SSSR count). The van der Waals surface area contributed by atoms with Crippen LogP contribution in [0, 0.1) is 5.92 Å². The van der Waals surface area contributed by atoms with Gasteiger partial charge in [-0.1, -0.05) is 30.3 Å². The van der Waals surface area contributed by atoms with Gasteiger partial charge in [-0.15, -0.1) is 0 Å². The molecule has 1 aliphatic heterocycles. The van der Waals surface area contributed by atoms with Gasteiger partial charge < -0.3 is 23.8 Å². The quantitative estimate of drug-likeness (QED) is 0.141. The van der Waals surface area contributed by atoms with Crippen LogP contribution in [-0.4, -0.2) is 43.9 Å². The molecule has 1 fully saturated rings. The molecule has 0 aromatic heterocycles. The van der Waals surface area contributed by atoms with Crippen molar-refractivity contribution in [3.8, 4) is 23.0 Å². The van der Waals surface area contributed by atoms with Gasteiger partial charge in [0, 0.05) is 24.2 Å². The number of anilines is 1. The summed E-state index contributed by atoms with van der Waals surface area (Å²) in [5.41, 5.74) is 1.32. The second-order valence-corrected chi connectivity index (χ2v) is 9.46. The number of carbonyl (C=O) groups excluding carboxylic acids is 4. The third-order valence-electron chi connectivity index (χ3n) is 6.65. The summed E-state index contributed by atoms with van der Waals surface area (Å²) >= 11 is 0. The normalized spacial score (nSPS) is 14.3. The number of para-hydroxylation sites is 2. The van der Waals surface area contributed by atoms with Crippen molar-refractivity contribution >= 4 is 29.3 Å². The van der Waals surface area contributed by atoms with Gasteiger partial charge in [0.15, 0.2) is 23.9 Å². The van der Waals surface area contributed by atoms with E-state index in [4.69, 9.17) is 18.9 Å². The third kappa shape index (κ3) is 6.64. The molecule has 9 heteroatoms. The first-order valence-electron chi connectivity index (χ1n) is 13.2. The summed E-state index contributed by atoms with van der Waals surface area (Å²) in [6, 6.07) is 28.7. The fraction of sp³-hybridized carbons (Fsp3) is 0.152. The monoisotopic (exact) mass is 565 g/mol. The van der Waals surface area contributed by atoms with E-state index in [0.717, 1.165) is 0 Å². The van der Waals surface area contributed by atoms with Crippen molar-refractivity contribution in [2.75, 3.05) is 25.2 Å². The maximum absolute atomic E-state index is 12.7. The highest BCUT2D eigenvalue weighted by Crippen LogP contribution is 2.33. The van der Waals surface area contributed by atoms with Crippen LogP contribution in [-0.2, 0) is 14.3 Å². The van der Waals surface area contributed by atoms with Gasteiger partial charge in [-0.25, -0.2) is 4.79 Å². The number of methoxy groups -OCH3 is 1. The van der Waals surface area contributed by atoms with Gasteiger partial charge >= 0.3 is 11.9 Å². The van der Waals surface area contributed by atoms with Crippen molar-refractivity contribution in [3.63, 3.8) is 0 Å². The molecule has 0 unspecified atom stereocenters. The largest absolute Gasteiger partial charge is 0.493 e. The minimum absolute atomic E-state index is 0.0199. The molecule has 4 aromatic carbocycles. The van der Waals surface area contributed by atoms with Crippen molar-refractivity contribution < 1.29 is 38.1 Å². The number of Topliss-reactive ketones (excluding diaryl/α,β-unsaturated/α-hetero) is 1. The SMILES string of the molecule is COc1ccccc1Oc1ccc(N2C[C@H](C(=O)OCC(=O)c3ccc(OC(=O)c4ccccc4)cc3)CC2=O)cc1. The Kier molecular flexibility index (Phi) is 8.58. The van der Waals surface area contributed by atoms with E-state index in [1.807, 2.05) is 12.1 Å². The number of hydrogen-bond donors (Lipinski definition) is 0. The molecule has 212 valence electrons. The zero-order valence-electron chi connectivity index (χ0n) is 22.7. The molecular formula is C33H27NO8. The fourth-order valence-corrected chi connectivity index (χ4v) is 4.43. The molecule has 4 aromatic rings. The first kappa shape index (κ1) is 28.1. The highest BCUT2D eigenvalue weighted by atomic mass is 16.5. The maximum Gasteiger partial charge on any atom is 0.343 e. The van der Waals surface area contributed by atoms with E-state index in [1.165, 1.54) is 29.2 Å². The zero-order chi connectivity index (χ0) is 29.5. The van der Waals surface area contributed by atoms with E-state index >= 15 is 0 Å². The molecule has 1 amide bonds. The fourth-order valence-electron chi connectivity index (χ4n) is 4.43. The molecule has 9 nitrogen and oxygen atoms in total.